The molecule has 4 aromatic carbocycles. The molecule has 0 saturated heterocycles. The van der Waals surface area contributed by atoms with E-state index >= 15 is 0 Å². The maximum absolute atomic E-state index is 11.9. The van der Waals surface area contributed by atoms with Crippen LogP contribution in [0.25, 0.3) is 21.5 Å². The van der Waals surface area contributed by atoms with E-state index in [2.05, 4.69) is 12.1 Å². The Morgan fingerprint density at radius 2 is 1.33 bits per heavy atom. The summed E-state index contributed by atoms with van der Waals surface area (Å²) in [5.74, 6) is -1.29. The van der Waals surface area contributed by atoms with Crippen LogP contribution in [0.4, 0.5) is 0 Å². The van der Waals surface area contributed by atoms with Crippen LogP contribution in [-0.2, 0) is 39.4 Å². The van der Waals surface area contributed by atoms with Gasteiger partial charge >= 0.3 is 47.5 Å². The number of nitriles is 2. The normalized spacial score (nSPS) is 15.4. The molecule has 0 aliphatic heterocycles. The third kappa shape index (κ3) is 9.07. The number of carbonyl (C=O) groups is 3. The molecule has 0 bridgehead atoms. The maximum Gasteiger partial charge on any atom is 1.00 e. The first kappa shape index (κ1) is 38.8. The van der Waals surface area contributed by atoms with E-state index in [1.807, 2.05) is 84.9 Å². The number of rotatable bonds is 9. The molecule has 9 nitrogen and oxygen atoms in total. The summed E-state index contributed by atoms with van der Waals surface area (Å²) in [5, 5.41) is 34.0. The summed E-state index contributed by atoms with van der Waals surface area (Å²) in [6.45, 7) is 0. The van der Waals surface area contributed by atoms with Gasteiger partial charge in [-0.15, -0.1) is 0 Å². The second-order valence-corrected chi connectivity index (χ2v) is 11.8. The van der Waals surface area contributed by atoms with E-state index in [0.29, 0.717) is 12.8 Å². The summed E-state index contributed by atoms with van der Waals surface area (Å²) < 4.78 is 14.1. The van der Waals surface area contributed by atoms with Crippen molar-refractivity contribution in [1.82, 2.24) is 0 Å². The molecule has 1 aliphatic rings. The van der Waals surface area contributed by atoms with Crippen molar-refractivity contribution in [2.45, 2.75) is 55.8 Å². The number of fused-ring (bicyclic) bond motifs is 2. The predicted octanol–water partition coefficient (Wildman–Crippen LogP) is 4.39. The van der Waals surface area contributed by atoms with Gasteiger partial charge in [0.1, 0.15) is 5.76 Å². The number of allylic oxidation sites excluding steroid dienone is 1. The van der Waals surface area contributed by atoms with E-state index in [-0.39, 0.29) is 86.4 Å². The second-order valence-electron chi connectivity index (χ2n) is 11.8. The van der Waals surface area contributed by atoms with E-state index in [9.17, 15) is 30.0 Å². The molecule has 248 valence electrons. The first-order chi connectivity index (χ1) is 23.1. The van der Waals surface area contributed by atoms with Crippen molar-refractivity contribution >= 4 is 39.5 Å². The molecule has 0 radical (unpaired) electrons. The van der Waals surface area contributed by atoms with Crippen LogP contribution in [0.15, 0.2) is 96.3 Å². The van der Waals surface area contributed by atoms with Crippen molar-refractivity contribution in [3.05, 3.63) is 107 Å². The standard InChI is InChI=1S/C20H21NO4.C19H17NO3.Na.H/c1-24-18(22)9-11-20(14-21,12-10-19(23)25-2)17-8-7-15-5-3-4-6-16(15)13-17;1-23-18(22)16-11-19(12-20,9-8-17(16)21)15-7-6-13-4-2-3-5-14(13)10-15;;/h3-8,13H,9-12H2,1-2H3;2-7,10,21H,8-9,11H2,1H3;;/q;;+1;-1. The van der Waals surface area contributed by atoms with E-state index in [4.69, 9.17) is 14.2 Å². The number of methoxy groups -OCH3 is 3. The van der Waals surface area contributed by atoms with Gasteiger partial charge in [-0.25, -0.2) is 4.79 Å². The summed E-state index contributed by atoms with van der Waals surface area (Å²) in [6, 6.07) is 32.2. The van der Waals surface area contributed by atoms with E-state index in [1.165, 1.54) is 21.3 Å². The zero-order valence-corrected chi connectivity index (χ0v) is 30.3. The van der Waals surface area contributed by atoms with Crippen LogP contribution in [0.3, 0.4) is 0 Å². The van der Waals surface area contributed by atoms with E-state index in [0.717, 1.165) is 32.7 Å². The fourth-order valence-corrected chi connectivity index (χ4v) is 6.09. The van der Waals surface area contributed by atoms with Gasteiger partial charge in [0, 0.05) is 25.7 Å². The Kier molecular flexibility index (Phi) is 14.0. The number of esters is 3. The van der Waals surface area contributed by atoms with Gasteiger partial charge in [0.25, 0.3) is 0 Å². The largest absolute Gasteiger partial charge is 1.00 e. The summed E-state index contributed by atoms with van der Waals surface area (Å²) in [7, 11) is 3.92. The monoisotopic (exact) mass is 670 g/mol. The Balaban J connectivity index is 0.000000334. The van der Waals surface area contributed by atoms with Gasteiger partial charge < -0.3 is 20.7 Å². The van der Waals surface area contributed by atoms with Gasteiger partial charge in [0.2, 0.25) is 0 Å². The molecular weight excluding hydrogens is 631 g/mol. The van der Waals surface area contributed by atoms with Crippen LogP contribution in [0.2, 0.25) is 0 Å². The number of aliphatic hydroxyl groups excluding tert-OH is 1. The molecule has 5 rings (SSSR count). The molecule has 1 aliphatic carbocycles. The van der Waals surface area contributed by atoms with Crippen LogP contribution >= 0.6 is 0 Å². The molecule has 0 amide bonds. The molecule has 10 heteroatoms. The summed E-state index contributed by atoms with van der Waals surface area (Å²) >= 11 is 0. The topological polar surface area (TPSA) is 147 Å². The summed E-state index contributed by atoms with van der Waals surface area (Å²) in [5.41, 5.74) is 0.0919. The van der Waals surface area contributed by atoms with Crippen LogP contribution in [-0.4, -0.2) is 44.3 Å². The molecule has 0 aromatic heterocycles. The first-order valence-electron chi connectivity index (χ1n) is 15.6. The minimum atomic E-state index is -0.952. The molecule has 0 heterocycles. The van der Waals surface area contributed by atoms with Gasteiger partial charge in [-0.1, -0.05) is 72.8 Å². The van der Waals surface area contributed by atoms with Crippen LogP contribution in [0.1, 0.15) is 57.5 Å². The maximum atomic E-state index is 11.9. The van der Waals surface area contributed by atoms with Crippen molar-refractivity contribution in [1.29, 1.82) is 10.5 Å². The van der Waals surface area contributed by atoms with Crippen LogP contribution < -0.4 is 29.6 Å². The van der Waals surface area contributed by atoms with Crippen molar-refractivity contribution in [3.63, 3.8) is 0 Å². The molecule has 0 spiro atoms. The number of ether oxygens (including phenoxy) is 3. The minimum absolute atomic E-state index is 0. The first-order valence-corrected chi connectivity index (χ1v) is 15.6. The molecule has 0 fully saturated rings. The van der Waals surface area contributed by atoms with Crippen LogP contribution in [0, 0.1) is 22.7 Å². The van der Waals surface area contributed by atoms with Gasteiger partial charge in [-0.05, 0) is 64.1 Å². The van der Waals surface area contributed by atoms with Crippen molar-refractivity contribution in [2.24, 2.45) is 0 Å². The van der Waals surface area contributed by atoms with E-state index in [1.54, 1.807) is 0 Å². The fraction of sp³-hybridized carbons (Fsp3) is 0.308. The third-order valence-corrected chi connectivity index (χ3v) is 9.05. The third-order valence-electron chi connectivity index (χ3n) is 9.05. The molecule has 4 aromatic rings. The Hall–Kier alpha value is -4.67. The zero-order valence-electron chi connectivity index (χ0n) is 29.3. The number of benzene rings is 4. The summed E-state index contributed by atoms with van der Waals surface area (Å²) in [4.78, 5) is 35.1. The SMILES string of the molecule is COC(=O)C1=C(O)CCC(C#N)(c2ccc3ccccc3c2)C1.COC(=O)CCC(C#N)(CCC(=O)OC)c1ccc2ccccc2c1.[H-].[Na+]. The van der Waals surface area contributed by atoms with Crippen molar-refractivity contribution < 1.29 is 64.7 Å². The predicted molar refractivity (Wildman–Crippen MR) is 182 cm³/mol. The average Bonchev–Trinajstić information content (AvgIpc) is 3.14. The van der Waals surface area contributed by atoms with Crippen molar-refractivity contribution in [2.75, 3.05) is 21.3 Å². The fourth-order valence-electron chi connectivity index (χ4n) is 6.09. The Bertz CT molecular complexity index is 1930. The smallest absolute Gasteiger partial charge is 1.00 e. The minimum Gasteiger partial charge on any atom is -1.00 e. The van der Waals surface area contributed by atoms with E-state index < -0.39 is 16.8 Å². The number of carbonyl (C=O) groups excluding carboxylic acids is 3. The molecule has 1 atom stereocenters. The van der Waals surface area contributed by atoms with Gasteiger partial charge in [-0.3, -0.25) is 9.59 Å². The number of aliphatic hydroxyl groups is 1. The Morgan fingerprint density at radius 1 is 0.796 bits per heavy atom. The second kappa shape index (κ2) is 17.6. The number of hydrogen-bond donors (Lipinski definition) is 1. The van der Waals surface area contributed by atoms with Crippen molar-refractivity contribution in [3.8, 4) is 12.1 Å². The van der Waals surface area contributed by atoms with Crippen LogP contribution in [0.5, 0.6) is 0 Å². The van der Waals surface area contributed by atoms with Gasteiger partial charge in [0.15, 0.2) is 0 Å². The molecule has 0 saturated carbocycles. The molecule has 1 N–H and O–H groups in total. The van der Waals surface area contributed by atoms with Gasteiger partial charge in [-0.2, -0.15) is 10.5 Å². The number of nitrogens with zero attached hydrogens (tertiary/aromatic N) is 2. The summed E-state index contributed by atoms with van der Waals surface area (Å²) in [6.07, 6.45) is 1.73. The number of hydrogen-bond acceptors (Lipinski definition) is 9. The molecular formula is C39H39N2NaO7. The Morgan fingerprint density at radius 3 is 1.84 bits per heavy atom. The molecule has 49 heavy (non-hydrogen) atoms. The molecule has 1 unspecified atom stereocenters. The van der Waals surface area contributed by atoms with Gasteiger partial charge in [0.05, 0.1) is 49.9 Å². The average molecular weight is 671 g/mol. The zero-order chi connectivity index (χ0) is 34.7. The Labute approximate surface area is 309 Å². The quantitative estimate of drug-likeness (QED) is 0.156.